The van der Waals surface area contributed by atoms with Crippen LogP contribution in [-0.2, 0) is 24.2 Å². The third-order valence-electron chi connectivity index (χ3n) is 4.93. The monoisotopic (exact) mass is 441 g/mol. The summed E-state index contributed by atoms with van der Waals surface area (Å²) in [7, 11) is 0. The van der Waals surface area contributed by atoms with Crippen LogP contribution in [-0.4, -0.2) is 26.3 Å². The molecular formula is C22H23N3O3S2. The summed E-state index contributed by atoms with van der Waals surface area (Å²) in [4.78, 5) is 32.5. The summed E-state index contributed by atoms with van der Waals surface area (Å²) in [5, 5.41) is 13.6. The maximum atomic E-state index is 13.3. The van der Waals surface area contributed by atoms with Gasteiger partial charge in [-0.25, -0.2) is 4.98 Å². The van der Waals surface area contributed by atoms with Crippen LogP contribution < -0.4 is 10.9 Å². The summed E-state index contributed by atoms with van der Waals surface area (Å²) in [5.74, 6) is -0.0358. The fourth-order valence-electron chi connectivity index (χ4n) is 3.65. The number of allylic oxidation sites excluding steroid dienone is 1. The number of phenolic OH excluding ortho intramolecular Hbond substituents is 1. The van der Waals surface area contributed by atoms with Gasteiger partial charge in [0.25, 0.3) is 5.56 Å². The Bertz CT molecular complexity index is 1200. The molecule has 0 radical (unpaired) electrons. The normalized spacial score (nSPS) is 13.2. The first-order valence-corrected chi connectivity index (χ1v) is 11.6. The topological polar surface area (TPSA) is 84.2 Å². The molecule has 0 unspecified atom stereocenters. The molecule has 8 heteroatoms. The van der Waals surface area contributed by atoms with E-state index in [-0.39, 0.29) is 23.0 Å². The molecule has 6 nitrogen and oxygen atoms in total. The number of carbonyl (C=O) groups excluding carboxylic acids is 1. The van der Waals surface area contributed by atoms with Gasteiger partial charge in [-0.1, -0.05) is 30.0 Å². The lowest BCUT2D eigenvalue weighted by Gasteiger charge is -2.13. The Labute approximate surface area is 182 Å². The fraction of sp³-hybridized carbons (Fsp3) is 0.318. The Balaban J connectivity index is 1.63. The number of thioether (sulfide) groups is 1. The molecule has 1 aliphatic rings. The number of nitrogens with one attached hydrogen (secondary N) is 1. The van der Waals surface area contributed by atoms with Crippen molar-refractivity contribution in [1.82, 2.24) is 9.55 Å². The van der Waals surface area contributed by atoms with Gasteiger partial charge in [0.15, 0.2) is 5.16 Å². The number of fused-ring (bicyclic) bond motifs is 3. The number of phenols is 1. The van der Waals surface area contributed by atoms with Crippen molar-refractivity contribution in [3.63, 3.8) is 0 Å². The van der Waals surface area contributed by atoms with Crippen molar-refractivity contribution in [2.45, 2.75) is 44.3 Å². The van der Waals surface area contributed by atoms with E-state index in [1.54, 1.807) is 34.1 Å². The molecule has 30 heavy (non-hydrogen) atoms. The van der Waals surface area contributed by atoms with Crippen LogP contribution in [0.25, 0.3) is 10.2 Å². The van der Waals surface area contributed by atoms with Gasteiger partial charge in [0, 0.05) is 23.2 Å². The van der Waals surface area contributed by atoms with Crippen LogP contribution in [0.15, 0.2) is 46.4 Å². The molecule has 0 atom stereocenters. The number of aryl methyl sites for hydroxylation is 2. The average molecular weight is 442 g/mol. The molecule has 0 saturated carbocycles. The Morgan fingerprint density at radius 1 is 1.37 bits per heavy atom. The first kappa shape index (κ1) is 20.7. The van der Waals surface area contributed by atoms with Crippen molar-refractivity contribution in [1.29, 1.82) is 0 Å². The molecule has 1 aromatic carbocycles. The molecule has 0 spiro atoms. The smallest absolute Gasteiger partial charge is 0.263 e. The molecule has 4 rings (SSSR count). The minimum Gasteiger partial charge on any atom is -0.508 e. The number of carbonyl (C=O) groups is 1. The highest BCUT2D eigenvalue weighted by Gasteiger charge is 2.22. The van der Waals surface area contributed by atoms with E-state index in [1.807, 2.05) is 6.92 Å². The number of rotatable bonds is 6. The number of amides is 1. The summed E-state index contributed by atoms with van der Waals surface area (Å²) in [6, 6.07) is 6.40. The lowest BCUT2D eigenvalue weighted by Crippen LogP contribution is -2.25. The van der Waals surface area contributed by atoms with Crippen molar-refractivity contribution in [2.75, 3.05) is 11.1 Å². The highest BCUT2D eigenvalue weighted by Crippen LogP contribution is 2.34. The zero-order valence-corrected chi connectivity index (χ0v) is 18.4. The van der Waals surface area contributed by atoms with E-state index in [9.17, 15) is 14.7 Å². The number of aromatic nitrogens is 2. The van der Waals surface area contributed by atoms with Crippen molar-refractivity contribution in [2.24, 2.45) is 0 Å². The summed E-state index contributed by atoms with van der Waals surface area (Å²) < 4.78 is 1.64. The third-order valence-corrected chi connectivity index (χ3v) is 7.09. The number of benzene rings is 1. The van der Waals surface area contributed by atoms with Gasteiger partial charge in [0.2, 0.25) is 5.91 Å². The highest BCUT2D eigenvalue weighted by atomic mass is 32.2. The van der Waals surface area contributed by atoms with Gasteiger partial charge in [-0.2, -0.15) is 0 Å². The average Bonchev–Trinajstić information content (AvgIpc) is 3.07. The maximum Gasteiger partial charge on any atom is 0.263 e. The zero-order chi connectivity index (χ0) is 21.3. The Hall–Kier alpha value is -2.58. The minimum absolute atomic E-state index is 0.0433. The quantitative estimate of drug-likeness (QED) is 0.338. The molecule has 2 aromatic heterocycles. The van der Waals surface area contributed by atoms with E-state index < -0.39 is 0 Å². The molecular weight excluding hydrogens is 418 g/mol. The molecule has 0 saturated heterocycles. The standard InChI is InChI=1S/C22H23N3O3S2/c1-13(2)11-25-21(28)19-16-8-3-4-9-17(16)30-20(19)24-22(25)29-12-18(27)23-14-6-5-7-15(26)10-14/h5-7,10,26H,1,3-4,8-9,11-12H2,2H3,(H,23,27). The lowest BCUT2D eigenvalue weighted by atomic mass is 9.97. The van der Waals surface area contributed by atoms with E-state index in [1.165, 1.54) is 22.7 Å². The molecule has 0 fully saturated rings. The van der Waals surface area contributed by atoms with Gasteiger partial charge >= 0.3 is 0 Å². The number of anilines is 1. The summed E-state index contributed by atoms with van der Waals surface area (Å²) in [6.07, 6.45) is 4.18. The molecule has 1 amide bonds. The van der Waals surface area contributed by atoms with Crippen LogP contribution in [0.4, 0.5) is 5.69 Å². The first-order valence-electron chi connectivity index (χ1n) is 9.83. The summed E-state index contributed by atoms with van der Waals surface area (Å²) in [5.41, 5.74) is 2.49. The Morgan fingerprint density at radius 3 is 2.93 bits per heavy atom. The molecule has 0 aliphatic heterocycles. The van der Waals surface area contributed by atoms with Gasteiger partial charge < -0.3 is 10.4 Å². The van der Waals surface area contributed by atoms with E-state index in [2.05, 4.69) is 11.9 Å². The van der Waals surface area contributed by atoms with Crippen LogP contribution in [0.2, 0.25) is 0 Å². The fourth-order valence-corrected chi connectivity index (χ4v) is 5.75. The lowest BCUT2D eigenvalue weighted by molar-refractivity contribution is -0.113. The van der Waals surface area contributed by atoms with Crippen molar-refractivity contribution < 1.29 is 9.90 Å². The van der Waals surface area contributed by atoms with Crippen molar-refractivity contribution in [3.8, 4) is 5.75 Å². The van der Waals surface area contributed by atoms with Gasteiger partial charge in [0.1, 0.15) is 10.6 Å². The highest BCUT2D eigenvalue weighted by molar-refractivity contribution is 7.99. The van der Waals surface area contributed by atoms with E-state index >= 15 is 0 Å². The molecule has 3 aromatic rings. The van der Waals surface area contributed by atoms with E-state index in [0.717, 1.165) is 47.0 Å². The number of nitrogens with zero attached hydrogens (tertiary/aromatic N) is 2. The van der Waals surface area contributed by atoms with Crippen LogP contribution in [0, 0.1) is 0 Å². The predicted molar refractivity (Wildman–Crippen MR) is 123 cm³/mol. The number of hydrogen-bond donors (Lipinski definition) is 2. The number of aromatic hydroxyl groups is 1. The van der Waals surface area contributed by atoms with Gasteiger partial charge in [0.05, 0.1) is 11.1 Å². The van der Waals surface area contributed by atoms with Gasteiger partial charge in [-0.15, -0.1) is 11.3 Å². The second kappa shape index (κ2) is 8.65. The summed E-state index contributed by atoms with van der Waals surface area (Å²) in [6.45, 7) is 6.21. The Morgan fingerprint density at radius 2 is 2.17 bits per heavy atom. The maximum absolute atomic E-state index is 13.3. The van der Waals surface area contributed by atoms with E-state index in [0.29, 0.717) is 17.4 Å². The Kier molecular flexibility index (Phi) is 5.97. The number of thiophene rings is 1. The molecule has 156 valence electrons. The minimum atomic E-state index is -0.229. The predicted octanol–water partition coefficient (Wildman–Crippen LogP) is 4.35. The van der Waals surface area contributed by atoms with Crippen LogP contribution in [0.3, 0.4) is 0 Å². The third kappa shape index (κ3) is 4.29. The zero-order valence-electron chi connectivity index (χ0n) is 16.7. The van der Waals surface area contributed by atoms with Gasteiger partial charge in [-0.3, -0.25) is 14.2 Å². The van der Waals surface area contributed by atoms with E-state index in [4.69, 9.17) is 4.98 Å². The van der Waals surface area contributed by atoms with Crippen LogP contribution in [0.5, 0.6) is 5.75 Å². The van der Waals surface area contributed by atoms with Crippen LogP contribution in [0.1, 0.15) is 30.2 Å². The van der Waals surface area contributed by atoms with Gasteiger partial charge in [-0.05, 0) is 50.3 Å². The summed E-state index contributed by atoms with van der Waals surface area (Å²) >= 11 is 2.84. The second-order valence-corrected chi connectivity index (χ2v) is 9.55. The first-order chi connectivity index (χ1) is 14.4. The SMILES string of the molecule is C=C(C)Cn1c(SCC(=O)Nc2cccc(O)c2)nc2sc3c(c2c1=O)CCCC3. The molecule has 2 heterocycles. The molecule has 0 bridgehead atoms. The largest absolute Gasteiger partial charge is 0.508 e. The van der Waals surface area contributed by atoms with Crippen LogP contribution >= 0.6 is 23.1 Å². The van der Waals surface area contributed by atoms with Crippen molar-refractivity contribution in [3.05, 3.63) is 57.2 Å². The second-order valence-electron chi connectivity index (χ2n) is 7.52. The number of hydrogen-bond acceptors (Lipinski definition) is 6. The van der Waals surface area contributed by atoms with Crippen molar-refractivity contribution >= 4 is 44.9 Å². The molecule has 2 N–H and O–H groups in total. The molecule has 1 aliphatic carbocycles.